The first-order valence-electron chi connectivity index (χ1n) is 9.17. The van der Waals surface area contributed by atoms with Crippen LogP contribution in [0.2, 0.25) is 0 Å². The van der Waals surface area contributed by atoms with Gasteiger partial charge in [0.15, 0.2) is 0 Å². The van der Waals surface area contributed by atoms with Crippen molar-refractivity contribution in [1.29, 1.82) is 0 Å². The van der Waals surface area contributed by atoms with E-state index in [1.807, 2.05) is 18.2 Å². The number of likely N-dealkylation sites (N-methyl/N-ethyl adjacent to an activating group) is 1. The largest absolute Gasteiger partial charge is 0.351 e. The summed E-state index contributed by atoms with van der Waals surface area (Å²) in [6.07, 6.45) is 2.37. The zero-order valence-corrected chi connectivity index (χ0v) is 15.1. The first-order valence-corrected chi connectivity index (χ1v) is 9.17. The van der Waals surface area contributed by atoms with Crippen LogP contribution in [0, 0.1) is 5.41 Å². The Morgan fingerprint density at radius 1 is 1.23 bits per heavy atom. The first-order chi connectivity index (χ1) is 12.7. The van der Waals surface area contributed by atoms with Crippen molar-refractivity contribution >= 4 is 5.91 Å². The van der Waals surface area contributed by atoms with Crippen LogP contribution in [0.4, 0.5) is 0 Å². The van der Waals surface area contributed by atoms with Gasteiger partial charge in [0.05, 0.1) is 5.56 Å². The number of carbonyl (C=O) groups excluding carboxylic acids is 1. The van der Waals surface area contributed by atoms with Crippen LogP contribution in [0.15, 0.2) is 24.3 Å². The molecule has 2 N–H and O–H groups in total. The highest BCUT2D eigenvalue weighted by Crippen LogP contribution is 2.45. The molecule has 2 aromatic rings. The van der Waals surface area contributed by atoms with Crippen molar-refractivity contribution < 1.29 is 4.79 Å². The Hall–Kier alpha value is -2.32. The summed E-state index contributed by atoms with van der Waals surface area (Å²) in [4.78, 5) is 17.7. The molecule has 8 heteroatoms. The molecule has 0 atom stereocenters. The molecule has 4 rings (SSSR count). The molecule has 1 amide bonds. The number of hydrogen-bond donors (Lipinski definition) is 2. The van der Waals surface area contributed by atoms with Crippen molar-refractivity contribution in [3.05, 3.63) is 29.8 Å². The number of tetrazole rings is 1. The van der Waals surface area contributed by atoms with Crippen molar-refractivity contribution in [2.75, 3.05) is 46.3 Å². The van der Waals surface area contributed by atoms with Crippen LogP contribution >= 0.6 is 0 Å². The van der Waals surface area contributed by atoms with Gasteiger partial charge in [0.25, 0.3) is 5.91 Å². The van der Waals surface area contributed by atoms with Crippen LogP contribution in [-0.2, 0) is 0 Å². The van der Waals surface area contributed by atoms with Gasteiger partial charge in [-0.3, -0.25) is 4.79 Å². The van der Waals surface area contributed by atoms with E-state index >= 15 is 0 Å². The molecule has 26 heavy (non-hydrogen) atoms. The van der Waals surface area contributed by atoms with Gasteiger partial charge in [-0.2, -0.15) is 5.21 Å². The van der Waals surface area contributed by atoms with E-state index < -0.39 is 0 Å². The third kappa shape index (κ3) is 3.76. The number of nitrogens with one attached hydrogen (secondary N) is 2. The minimum absolute atomic E-state index is 0.0740. The van der Waals surface area contributed by atoms with E-state index in [1.54, 1.807) is 6.07 Å². The fourth-order valence-electron chi connectivity index (χ4n) is 3.56. The van der Waals surface area contributed by atoms with Crippen molar-refractivity contribution in [1.82, 2.24) is 35.7 Å². The predicted octanol–water partition coefficient (Wildman–Crippen LogP) is 0.624. The number of aromatic nitrogens is 4. The van der Waals surface area contributed by atoms with E-state index in [2.05, 4.69) is 42.8 Å². The summed E-state index contributed by atoms with van der Waals surface area (Å²) < 4.78 is 0. The third-order valence-electron chi connectivity index (χ3n) is 5.49. The molecular formula is C18H25N7O. The molecule has 1 saturated heterocycles. The van der Waals surface area contributed by atoms with Gasteiger partial charge in [-0.1, -0.05) is 18.2 Å². The standard InChI is InChI=1S/C18H25N7O/c1-24-8-10-25(11-9-24)13-18(6-7-18)12-19-17(26)15-5-3-2-4-14(15)16-20-22-23-21-16/h2-5H,6-13H2,1H3,(H,19,26)(H,20,21,22,23). The number of carbonyl (C=O) groups is 1. The van der Waals surface area contributed by atoms with E-state index in [-0.39, 0.29) is 11.3 Å². The predicted molar refractivity (Wildman–Crippen MR) is 97.6 cm³/mol. The normalized spacial score (nSPS) is 20.0. The smallest absolute Gasteiger partial charge is 0.252 e. The lowest BCUT2D eigenvalue weighted by Crippen LogP contribution is -2.47. The van der Waals surface area contributed by atoms with Crippen LogP contribution in [0.5, 0.6) is 0 Å². The number of benzene rings is 1. The monoisotopic (exact) mass is 355 g/mol. The van der Waals surface area contributed by atoms with E-state index in [4.69, 9.17) is 0 Å². The third-order valence-corrected chi connectivity index (χ3v) is 5.49. The summed E-state index contributed by atoms with van der Waals surface area (Å²) >= 11 is 0. The van der Waals surface area contributed by atoms with Crippen molar-refractivity contribution in [3.63, 3.8) is 0 Å². The lowest BCUT2D eigenvalue weighted by Gasteiger charge is -2.34. The molecule has 0 spiro atoms. The molecule has 138 valence electrons. The molecule has 1 aromatic heterocycles. The Morgan fingerprint density at radius 2 is 2.00 bits per heavy atom. The Kier molecular flexibility index (Phi) is 4.69. The van der Waals surface area contributed by atoms with Gasteiger partial charge in [0.1, 0.15) is 0 Å². The SMILES string of the molecule is CN1CCN(CC2(CNC(=O)c3ccccc3-c3nn[nH]n3)CC2)CC1. The Morgan fingerprint density at radius 3 is 2.69 bits per heavy atom. The average molecular weight is 355 g/mol. The first kappa shape index (κ1) is 17.1. The van der Waals surface area contributed by atoms with E-state index in [0.29, 0.717) is 17.0 Å². The molecule has 1 saturated carbocycles. The molecular weight excluding hydrogens is 330 g/mol. The fourth-order valence-corrected chi connectivity index (χ4v) is 3.56. The lowest BCUT2D eigenvalue weighted by molar-refractivity contribution is 0.0927. The van der Waals surface area contributed by atoms with Gasteiger partial charge in [-0.15, -0.1) is 10.2 Å². The van der Waals surface area contributed by atoms with E-state index in [9.17, 15) is 4.79 Å². The molecule has 2 heterocycles. The average Bonchev–Trinajstić information content (AvgIpc) is 3.20. The number of aromatic amines is 1. The maximum Gasteiger partial charge on any atom is 0.252 e. The number of nitrogens with zero attached hydrogens (tertiary/aromatic N) is 5. The maximum atomic E-state index is 12.8. The number of piperazine rings is 1. The summed E-state index contributed by atoms with van der Waals surface area (Å²) in [5.41, 5.74) is 1.53. The van der Waals surface area contributed by atoms with Crippen molar-refractivity contribution in [2.45, 2.75) is 12.8 Å². The summed E-state index contributed by atoms with van der Waals surface area (Å²) in [6.45, 7) is 6.28. The molecule has 1 aliphatic heterocycles. The molecule has 1 aromatic carbocycles. The van der Waals surface area contributed by atoms with Crippen LogP contribution in [-0.4, -0.2) is 82.6 Å². The minimum Gasteiger partial charge on any atom is -0.351 e. The summed E-state index contributed by atoms with van der Waals surface area (Å²) in [6, 6.07) is 7.38. The molecule has 2 aliphatic rings. The highest BCUT2D eigenvalue weighted by Gasteiger charge is 2.44. The Balaban J connectivity index is 1.37. The van der Waals surface area contributed by atoms with Gasteiger partial charge in [0.2, 0.25) is 5.82 Å². The van der Waals surface area contributed by atoms with Crippen molar-refractivity contribution in [2.24, 2.45) is 5.41 Å². The minimum atomic E-state index is -0.0740. The zero-order valence-electron chi connectivity index (χ0n) is 15.1. The van der Waals surface area contributed by atoms with Crippen molar-refractivity contribution in [3.8, 4) is 11.4 Å². The number of rotatable bonds is 6. The quantitative estimate of drug-likeness (QED) is 0.790. The van der Waals surface area contributed by atoms with Gasteiger partial charge in [0, 0.05) is 50.2 Å². The molecule has 0 bridgehead atoms. The number of H-pyrrole nitrogens is 1. The Bertz CT molecular complexity index is 749. The van der Waals surface area contributed by atoms with Gasteiger partial charge in [-0.05, 0) is 31.2 Å². The van der Waals surface area contributed by atoms with Crippen LogP contribution < -0.4 is 5.32 Å². The van der Waals surface area contributed by atoms with Gasteiger partial charge < -0.3 is 15.1 Å². The number of amides is 1. The van der Waals surface area contributed by atoms with Gasteiger partial charge >= 0.3 is 0 Å². The second kappa shape index (κ2) is 7.13. The second-order valence-corrected chi connectivity index (χ2v) is 7.54. The summed E-state index contributed by atoms with van der Waals surface area (Å²) in [7, 11) is 2.17. The highest BCUT2D eigenvalue weighted by molar-refractivity contribution is 6.00. The van der Waals surface area contributed by atoms with Gasteiger partial charge in [-0.25, -0.2) is 0 Å². The molecule has 8 nitrogen and oxygen atoms in total. The van der Waals surface area contributed by atoms with E-state index in [0.717, 1.165) is 39.3 Å². The zero-order chi connectivity index (χ0) is 18.0. The Labute approximate surface area is 152 Å². The topological polar surface area (TPSA) is 90.0 Å². The lowest BCUT2D eigenvalue weighted by atomic mass is 10.0. The molecule has 1 aliphatic carbocycles. The molecule has 2 fully saturated rings. The van der Waals surface area contributed by atoms with Crippen LogP contribution in [0.1, 0.15) is 23.2 Å². The fraction of sp³-hybridized carbons (Fsp3) is 0.556. The van der Waals surface area contributed by atoms with Crippen LogP contribution in [0.3, 0.4) is 0 Å². The van der Waals surface area contributed by atoms with E-state index in [1.165, 1.54) is 12.8 Å². The summed E-state index contributed by atoms with van der Waals surface area (Å²) in [5.74, 6) is 0.365. The highest BCUT2D eigenvalue weighted by atomic mass is 16.1. The second-order valence-electron chi connectivity index (χ2n) is 7.54. The molecule has 0 unspecified atom stereocenters. The molecule has 0 radical (unpaired) electrons. The summed E-state index contributed by atoms with van der Waals surface area (Å²) in [5, 5.41) is 17.2. The number of hydrogen-bond acceptors (Lipinski definition) is 6. The maximum absolute atomic E-state index is 12.8. The van der Waals surface area contributed by atoms with Crippen LogP contribution in [0.25, 0.3) is 11.4 Å².